The number of nitrogens with zero attached hydrogens (tertiary/aromatic N) is 1. The van der Waals surface area contributed by atoms with E-state index in [1.165, 1.54) is 34.2 Å². The Hall–Kier alpha value is -0.0600. The Morgan fingerprint density at radius 3 is 2.71 bits per heavy atom. The van der Waals surface area contributed by atoms with Crippen molar-refractivity contribution < 1.29 is 0 Å². The zero-order valence-corrected chi connectivity index (χ0v) is 13.0. The van der Waals surface area contributed by atoms with Crippen LogP contribution in [0.2, 0.25) is 0 Å². The van der Waals surface area contributed by atoms with Gasteiger partial charge in [0.1, 0.15) is 0 Å². The number of hydrogen-bond donors (Lipinski definition) is 1. The summed E-state index contributed by atoms with van der Waals surface area (Å²) in [7, 11) is 0. The summed E-state index contributed by atoms with van der Waals surface area (Å²) in [5.74, 6) is 1.23. The standard InChI is InChI=1S/C13H24N2S2/c1-5-7-14-12(6-8-16-4)9-13-15-10(2)11(3)17-13/h12,14H,5-9H2,1-4H3. The van der Waals surface area contributed by atoms with Crippen molar-refractivity contribution >= 4 is 23.1 Å². The molecule has 17 heavy (non-hydrogen) atoms. The van der Waals surface area contributed by atoms with Gasteiger partial charge in [-0.1, -0.05) is 6.92 Å². The highest BCUT2D eigenvalue weighted by Gasteiger charge is 2.12. The lowest BCUT2D eigenvalue weighted by Crippen LogP contribution is -2.32. The lowest BCUT2D eigenvalue weighted by molar-refractivity contribution is 0.496. The second kappa shape index (κ2) is 8.11. The Balaban J connectivity index is 2.51. The molecular weight excluding hydrogens is 248 g/mol. The largest absolute Gasteiger partial charge is 0.314 e. The molecule has 0 aromatic carbocycles. The van der Waals surface area contributed by atoms with Gasteiger partial charge in [0.15, 0.2) is 0 Å². The van der Waals surface area contributed by atoms with Gasteiger partial charge >= 0.3 is 0 Å². The minimum atomic E-state index is 0.590. The predicted molar refractivity (Wildman–Crippen MR) is 80.4 cm³/mol. The average molecular weight is 272 g/mol. The lowest BCUT2D eigenvalue weighted by Gasteiger charge is -2.16. The van der Waals surface area contributed by atoms with E-state index < -0.39 is 0 Å². The van der Waals surface area contributed by atoms with E-state index in [9.17, 15) is 0 Å². The van der Waals surface area contributed by atoms with Gasteiger partial charge in [-0.05, 0) is 45.2 Å². The minimum absolute atomic E-state index is 0.590. The SMILES string of the molecule is CCCNC(CCSC)Cc1nc(C)c(C)s1. The van der Waals surface area contributed by atoms with E-state index in [2.05, 4.69) is 37.3 Å². The van der Waals surface area contributed by atoms with Crippen LogP contribution < -0.4 is 5.32 Å². The molecule has 0 fully saturated rings. The average Bonchev–Trinajstić information content (AvgIpc) is 2.62. The molecule has 0 aliphatic carbocycles. The molecular formula is C13H24N2S2. The van der Waals surface area contributed by atoms with Crippen LogP contribution in [0.4, 0.5) is 0 Å². The van der Waals surface area contributed by atoms with Crippen molar-refractivity contribution in [1.82, 2.24) is 10.3 Å². The maximum atomic E-state index is 4.64. The molecule has 0 bridgehead atoms. The summed E-state index contributed by atoms with van der Waals surface area (Å²) in [5, 5.41) is 4.92. The third-order valence-electron chi connectivity index (χ3n) is 2.85. The maximum absolute atomic E-state index is 4.64. The summed E-state index contributed by atoms with van der Waals surface area (Å²) >= 11 is 3.78. The van der Waals surface area contributed by atoms with E-state index in [4.69, 9.17) is 0 Å². The van der Waals surface area contributed by atoms with Crippen LogP contribution in [0, 0.1) is 13.8 Å². The van der Waals surface area contributed by atoms with Gasteiger partial charge in [0.05, 0.1) is 10.7 Å². The van der Waals surface area contributed by atoms with E-state index in [0.29, 0.717) is 6.04 Å². The van der Waals surface area contributed by atoms with Gasteiger partial charge in [-0.25, -0.2) is 4.98 Å². The van der Waals surface area contributed by atoms with Crippen LogP contribution in [0.15, 0.2) is 0 Å². The molecule has 1 heterocycles. The molecule has 0 saturated carbocycles. The first-order valence-electron chi connectivity index (χ1n) is 6.32. The van der Waals surface area contributed by atoms with Gasteiger partial charge in [-0.3, -0.25) is 0 Å². The molecule has 1 aromatic rings. The van der Waals surface area contributed by atoms with Crippen molar-refractivity contribution in [2.24, 2.45) is 0 Å². The zero-order chi connectivity index (χ0) is 12.7. The second-order valence-corrected chi connectivity index (χ2v) is 6.66. The van der Waals surface area contributed by atoms with Gasteiger partial charge in [0.25, 0.3) is 0 Å². The number of thiazole rings is 1. The molecule has 1 N–H and O–H groups in total. The predicted octanol–water partition coefficient (Wildman–Crippen LogP) is 3.42. The highest BCUT2D eigenvalue weighted by atomic mass is 32.2. The number of hydrogen-bond acceptors (Lipinski definition) is 4. The fourth-order valence-corrected chi connectivity index (χ4v) is 3.26. The monoisotopic (exact) mass is 272 g/mol. The topological polar surface area (TPSA) is 24.9 Å². The summed E-state index contributed by atoms with van der Waals surface area (Å²) < 4.78 is 0. The van der Waals surface area contributed by atoms with Gasteiger partial charge in [-0.2, -0.15) is 11.8 Å². The molecule has 1 rings (SSSR count). The number of aromatic nitrogens is 1. The molecule has 0 spiro atoms. The van der Waals surface area contributed by atoms with E-state index in [-0.39, 0.29) is 0 Å². The Kier molecular flexibility index (Phi) is 7.16. The number of nitrogens with one attached hydrogen (secondary N) is 1. The van der Waals surface area contributed by atoms with E-state index in [0.717, 1.165) is 13.0 Å². The molecule has 1 aromatic heterocycles. The fourth-order valence-electron chi connectivity index (χ4n) is 1.72. The van der Waals surface area contributed by atoms with E-state index >= 15 is 0 Å². The zero-order valence-electron chi connectivity index (χ0n) is 11.4. The number of thioether (sulfide) groups is 1. The number of aryl methyl sites for hydroxylation is 2. The summed E-state index contributed by atoms with van der Waals surface area (Å²) in [6.45, 7) is 7.59. The van der Waals surface area contributed by atoms with Crippen molar-refractivity contribution in [3.8, 4) is 0 Å². The first kappa shape index (κ1) is 15.0. The van der Waals surface area contributed by atoms with E-state index in [1.54, 1.807) is 0 Å². The van der Waals surface area contributed by atoms with Crippen LogP contribution in [0.25, 0.3) is 0 Å². The van der Waals surface area contributed by atoms with Crippen LogP contribution in [0.5, 0.6) is 0 Å². The van der Waals surface area contributed by atoms with Crippen molar-refractivity contribution in [3.63, 3.8) is 0 Å². The van der Waals surface area contributed by atoms with Crippen molar-refractivity contribution in [1.29, 1.82) is 0 Å². The third kappa shape index (κ3) is 5.40. The Morgan fingerprint density at radius 2 is 2.18 bits per heavy atom. The summed E-state index contributed by atoms with van der Waals surface area (Å²) in [6, 6.07) is 0.590. The summed E-state index contributed by atoms with van der Waals surface area (Å²) in [4.78, 5) is 6.00. The molecule has 1 atom stereocenters. The lowest BCUT2D eigenvalue weighted by atomic mass is 10.1. The molecule has 2 nitrogen and oxygen atoms in total. The first-order chi connectivity index (χ1) is 8.17. The van der Waals surface area contributed by atoms with Crippen molar-refractivity contribution in [2.75, 3.05) is 18.6 Å². The second-order valence-electron chi connectivity index (χ2n) is 4.39. The highest BCUT2D eigenvalue weighted by Crippen LogP contribution is 2.19. The highest BCUT2D eigenvalue weighted by molar-refractivity contribution is 7.98. The quantitative estimate of drug-likeness (QED) is 0.785. The van der Waals surface area contributed by atoms with E-state index in [1.807, 2.05) is 23.1 Å². The van der Waals surface area contributed by atoms with Gasteiger partial charge in [-0.15, -0.1) is 11.3 Å². The van der Waals surface area contributed by atoms with Gasteiger partial charge in [0, 0.05) is 17.3 Å². The Morgan fingerprint density at radius 1 is 1.41 bits per heavy atom. The van der Waals surface area contributed by atoms with Crippen molar-refractivity contribution in [2.45, 2.75) is 46.1 Å². The normalized spacial score (nSPS) is 12.9. The molecule has 0 amide bonds. The van der Waals surface area contributed by atoms with Gasteiger partial charge < -0.3 is 5.32 Å². The minimum Gasteiger partial charge on any atom is -0.314 e. The number of rotatable bonds is 8. The maximum Gasteiger partial charge on any atom is 0.0946 e. The van der Waals surface area contributed by atoms with Crippen molar-refractivity contribution in [3.05, 3.63) is 15.6 Å². The first-order valence-corrected chi connectivity index (χ1v) is 8.53. The molecule has 0 saturated heterocycles. The smallest absolute Gasteiger partial charge is 0.0946 e. The van der Waals surface area contributed by atoms with Crippen LogP contribution in [0.3, 0.4) is 0 Å². The molecule has 4 heteroatoms. The molecule has 0 aliphatic heterocycles. The molecule has 1 unspecified atom stereocenters. The molecule has 98 valence electrons. The Labute approximate surface area is 114 Å². The Bertz CT molecular complexity index is 296. The molecule has 0 radical (unpaired) electrons. The fraction of sp³-hybridized carbons (Fsp3) is 0.769. The van der Waals surface area contributed by atoms with Crippen LogP contribution in [-0.4, -0.2) is 29.6 Å². The van der Waals surface area contributed by atoms with Gasteiger partial charge in [0.2, 0.25) is 0 Å². The summed E-state index contributed by atoms with van der Waals surface area (Å²) in [6.07, 6.45) is 5.69. The van der Waals surface area contributed by atoms with Crippen LogP contribution in [0.1, 0.15) is 35.3 Å². The van der Waals surface area contributed by atoms with Crippen LogP contribution in [-0.2, 0) is 6.42 Å². The van der Waals surface area contributed by atoms with Crippen LogP contribution >= 0.6 is 23.1 Å². The molecule has 0 aliphatic rings. The summed E-state index contributed by atoms with van der Waals surface area (Å²) in [5.41, 5.74) is 1.20. The third-order valence-corrected chi connectivity index (χ3v) is 4.59.